The van der Waals surface area contributed by atoms with Gasteiger partial charge in [0, 0.05) is 42.5 Å². The van der Waals surface area contributed by atoms with E-state index in [1.807, 2.05) is 67.6 Å². The minimum absolute atomic E-state index is 0.0841. The summed E-state index contributed by atoms with van der Waals surface area (Å²) in [7, 11) is -2.89. The Morgan fingerprint density at radius 2 is 1.59 bits per heavy atom. The van der Waals surface area contributed by atoms with Crippen LogP contribution in [0.15, 0.2) is 66.7 Å². The SMILES string of the molecule is Cc1cc(NC(=O)C2CC2)ccc1-c1cccc(C(=O)Nc2ccc(CN3CCS(=O)(=O)CC3)cc2)c1. The number of anilines is 2. The first-order valence-corrected chi connectivity index (χ1v) is 14.4. The predicted octanol–water partition coefficient (Wildman–Crippen LogP) is 4.49. The summed E-state index contributed by atoms with van der Waals surface area (Å²) in [5, 5.41) is 5.94. The van der Waals surface area contributed by atoms with Crippen LogP contribution in [0.4, 0.5) is 11.4 Å². The van der Waals surface area contributed by atoms with E-state index in [4.69, 9.17) is 0 Å². The maximum absolute atomic E-state index is 13.0. The van der Waals surface area contributed by atoms with Crippen LogP contribution in [0.2, 0.25) is 0 Å². The first-order chi connectivity index (χ1) is 17.8. The van der Waals surface area contributed by atoms with Crippen molar-refractivity contribution in [3.05, 3.63) is 83.4 Å². The molecular formula is C29H31N3O4S. The average Bonchev–Trinajstić information content (AvgIpc) is 3.73. The molecule has 8 heteroatoms. The van der Waals surface area contributed by atoms with Crippen LogP contribution >= 0.6 is 0 Å². The number of hydrogen-bond acceptors (Lipinski definition) is 5. The summed E-state index contributed by atoms with van der Waals surface area (Å²) >= 11 is 0. The summed E-state index contributed by atoms with van der Waals surface area (Å²) in [6.45, 7) is 3.79. The molecule has 1 aliphatic carbocycles. The molecule has 5 rings (SSSR count). The number of nitrogens with one attached hydrogen (secondary N) is 2. The number of aryl methyl sites for hydroxylation is 1. The van der Waals surface area contributed by atoms with Gasteiger partial charge >= 0.3 is 0 Å². The fourth-order valence-corrected chi connectivity index (χ4v) is 5.82. The number of hydrogen-bond donors (Lipinski definition) is 2. The highest BCUT2D eigenvalue weighted by Gasteiger charge is 2.29. The Balaban J connectivity index is 1.21. The molecule has 1 saturated heterocycles. The van der Waals surface area contributed by atoms with Gasteiger partial charge in [-0.15, -0.1) is 0 Å². The summed E-state index contributed by atoms with van der Waals surface area (Å²) in [6.07, 6.45) is 1.93. The highest BCUT2D eigenvalue weighted by atomic mass is 32.2. The largest absolute Gasteiger partial charge is 0.326 e. The molecule has 1 saturated carbocycles. The Morgan fingerprint density at radius 1 is 0.892 bits per heavy atom. The van der Waals surface area contributed by atoms with Gasteiger partial charge in [0.2, 0.25) is 5.91 Å². The van der Waals surface area contributed by atoms with Gasteiger partial charge in [0.1, 0.15) is 0 Å². The fraction of sp³-hybridized carbons (Fsp3) is 0.310. The monoisotopic (exact) mass is 517 g/mol. The van der Waals surface area contributed by atoms with Gasteiger partial charge in [-0.3, -0.25) is 14.5 Å². The highest BCUT2D eigenvalue weighted by Crippen LogP contribution is 2.31. The zero-order valence-electron chi connectivity index (χ0n) is 20.9. The van der Waals surface area contributed by atoms with Gasteiger partial charge in [0.05, 0.1) is 11.5 Å². The molecule has 3 aromatic rings. The van der Waals surface area contributed by atoms with Crippen LogP contribution in [-0.2, 0) is 21.2 Å². The van der Waals surface area contributed by atoms with E-state index in [9.17, 15) is 18.0 Å². The number of rotatable bonds is 7. The van der Waals surface area contributed by atoms with Gasteiger partial charge in [0.15, 0.2) is 9.84 Å². The second-order valence-electron chi connectivity index (χ2n) is 9.95. The zero-order valence-corrected chi connectivity index (χ0v) is 21.7. The molecule has 0 spiro atoms. The Bertz CT molecular complexity index is 1420. The second kappa shape index (κ2) is 10.5. The molecule has 2 aliphatic rings. The fourth-order valence-electron chi connectivity index (χ4n) is 4.55. The van der Waals surface area contributed by atoms with Gasteiger partial charge in [0.25, 0.3) is 5.91 Å². The van der Waals surface area contributed by atoms with E-state index >= 15 is 0 Å². The number of benzene rings is 3. The summed E-state index contributed by atoms with van der Waals surface area (Å²) < 4.78 is 23.2. The first-order valence-electron chi connectivity index (χ1n) is 12.6. The van der Waals surface area contributed by atoms with Crippen molar-refractivity contribution in [2.24, 2.45) is 5.92 Å². The topological polar surface area (TPSA) is 95.6 Å². The molecule has 37 heavy (non-hydrogen) atoms. The molecule has 0 atom stereocenters. The summed E-state index contributed by atoms with van der Waals surface area (Å²) in [4.78, 5) is 27.2. The predicted molar refractivity (Wildman–Crippen MR) is 146 cm³/mol. The molecule has 0 radical (unpaired) electrons. The first kappa shape index (κ1) is 25.2. The molecule has 7 nitrogen and oxygen atoms in total. The maximum atomic E-state index is 13.0. The van der Waals surface area contributed by atoms with Crippen LogP contribution < -0.4 is 10.6 Å². The molecular weight excluding hydrogens is 486 g/mol. The van der Waals surface area contributed by atoms with E-state index < -0.39 is 9.84 Å². The van der Waals surface area contributed by atoms with Gasteiger partial charge in [-0.25, -0.2) is 8.42 Å². The number of carbonyl (C=O) groups is 2. The third kappa shape index (κ3) is 6.45. The Kier molecular flexibility index (Phi) is 7.13. The third-order valence-electron chi connectivity index (χ3n) is 6.93. The summed E-state index contributed by atoms with van der Waals surface area (Å²) in [6, 6.07) is 21.0. The lowest BCUT2D eigenvalue weighted by molar-refractivity contribution is -0.117. The molecule has 2 fully saturated rings. The lowest BCUT2D eigenvalue weighted by Crippen LogP contribution is -2.39. The van der Waals surface area contributed by atoms with Crippen molar-refractivity contribution in [3.63, 3.8) is 0 Å². The van der Waals surface area contributed by atoms with Crippen molar-refractivity contribution < 1.29 is 18.0 Å². The summed E-state index contributed by atoms with van der Waals surface area (Å²) in [5.41, 5.74) is 6.09. The van der Waals surface area contributed by atoms with E-state index in [0.717, 1.165) is 40.8 Å². The van der Waals surface area contributed by atoms with Crippen molar-refractivity contribution in [1.82, 2.24) is 4.90 Å². The van der Waals surface area contributed by atoms with Gasteiger partial charge in [-0.1, -0.05) is 30.3 Å². The van der Waals surface area contributed by atoms with Crippen molar-refractivity contribution in [2.75, 3.05) is 35.2 Å². The highest BCUT2D eigenvalue weighted by molar-refractivity contribution is 7.91. The molecule has 1 aliphatic heterocycles. The molecule has 3 aromatic carbocycles. The van der Waals surface area contributed by atoms with Crippen molar-refractivity contribution in [2.45, 2.75) is 26.3 Å². The normalized spacial score (nSPS) is 17.2. The number of amides is 2. The van der Waals surface area contributed by atoms with Crippen LogP contribution in [-0.4, -0.2) is 49.7 Å². The molecule has 192 valence electrons. The molecule has 0 bridgehead atoms. The maximum Gasteiger partial charge on any atom is 0.255 e. The lowest BCUT2D eigenvalue weighted by atomic mass is 9.98. The van der Waals surface area contributed by atoms with Gasteiger partial charge in [-0.05, 0) is 78.4 Å². The van der Waals surface area contributed by atoms with E-state index in [2.05, 4.69) is 15.5 Å². The van der Waals surface area contributed by atoms with Crippen molar-refractivity contribution in [1.29, 1.82) is 0 Å². The van der Waals surface area contributed by atoms with E-state index in [1.54, 1.807) is 6.07 Å². The van der Waals surface area contributed by atoms with Crippen molar-refractivity contribution in [3.8, 4) is 11.1 Å². The van der Waals surface area contributed by atoms with Crippen molar-refractivity contribution >= 4 is 33.0 Å². The standard InChI is InChI=1S/C29H31N3O4S/c1-20-17-26(31-28(33)22-7-8-22)11-12-27(20)23-3-2-4-24(18-23)29(34)30-25-9-5-21(6-10-25)19-32-13-15-37(35,36)16-14-32/h2-6,9-12,17-18,22H,7-8,13-16,19H2,1H3,(H,30,34)(H,31,33). The lowest BCUT2D eigenvalue weighted by Gasteiger charge is -2.26. The minimum atomic E-state index is -2.89. The number of sulfone groups is 1. The second-order valence-corrected chi connectivity index (χ2v) is 12.3. The van der Waals surface area contributed by atoms with E-state index in [1.165, 1.54) is 0 Å². The Morgan fingerprint density at radius 3 is 2.27 bits per heavy atom. The van der Waals surface area contributed by atoms with Gasteiger partial charge < -0.3 is 10.6 Å². The van der Waals surface area contributed by atoms with Crippen LogP contribution in [0.1, 0.15) is 34.3 Å². The number of nitrogens with zero attached hydrogens (tertiary/aromatic N) is 1. The minimum Gasteiger partial charge on any atom is -0.326 e. The molecule has 2 amide bonds. The quantitative estimate of drug-likeness (QED) is 0.481. The van der Waals surface area contributed by atoms with Crippen LogP contribution in [0.5, 0.6) is 0 Å². The third-order valence-corrected chi connectivity index (χ3v) is 8.54. The average molecular weight is 518 g/mol. The van der Waals surface area contributed by atoms with Crippen LogP contribution in [0.25, 0.3) is 11.1 Å². The zero-order chi connectivity index (χ0) is 26.0. The molecule has 0 aromatic heterocycles. The Labute approximate surface area is 217 Å². The van der Waals surface area contributed by atoms with Gasteiger partial charge in [-0.2, -0.15) is 0 Å². The summed E-state index contributed by atoms with van der Waals surface area (Å²) in [5.74, 6) is 0.464. The molecule has 2 N–H and O–H groups in total. The van der Waals surface area contributed by atoms with E-state index in [0.29, 0.717) is 30.9 Å². The number of carbonyl (C=O) groups excluding carboxylic acids is 2. The molecule has 0 unspecified atom stereocenters. The van der Waals surface area contributed by atoms with Crippen LogP contribution in [0.3, 0.4) is 0 Å². The Hall–Kier alpha value is -3.49. The smallest absolute Gasteiger partial charge is 0.255 e. The molecule has 1 heterocycles. The van der Waals surface area contributed by atoms with E-state index in [-0.39, 0.29) is 29.2 Å². The van der Waals surface area contributed by atoms with Crippen LogP contribution in [0, 0.1) is 12.8 Å².